The lowest BCUT2D eigenvalue weighted by molar-refractivity contribution is -0.160. The number of rotatable bonds is 4. The second-order valence-electron chi connectivity index (χ2n) is 8.96. The zero-order valence-electron chi connectivity index (χ0n) is 18.8. The third-order valence-electron chi connectivity index (χ3n) is 5.38. The summed E-state index contributed by atoms with van der Waals surface area (Å²) in [5, 5.41) is 10.1. The van der Waals surface area contributed by atoms with Crippen molar-refractivity contribution in [2.75, 3.05) is 11.3 Å². The molecule has 1 atom stereocenters. The van der Waals surface area contributed by atoms with Crippen LogP contribution in [0.3, 0.4) is 0 Å². The Morgan fingerprint density at radius 3 is 2.26 bits per heavy atom. The van der Waals surface area contributed by atoms with Crippen molar-refractivity contribution in [1.29, 1.82) is 0 Å². The number of nitrogens with one attached hydrogen (secondary N) is 2. The smallest absolute Gasteiger partial charge is 0.337 e. The Balaban J connectivity index is 2.40. The van der Waals surface area contributed by atoms with Crippen molar-refractivity contribution < 1.29 is 23.1 Å². The summed E-state index contributed by atoms with van der Waals surface area (Å²) in [5.74, 6) is -1.12. The zero-order chi connectivity index (χ0) is 23.1. The van der Waals surface area contributed by atoms with E-state index in [-0.39, 0.29) is 6.54 Å². The van der Waals surface area contributed by atoms with Crippen LogP contribution in [-0.4, -0.2) is 31.6 Å². The van der Waals surface area contributed by atoms with E-state index < -0.39 is 27.9 Å². The van der Waals surface area contributed by atoms with Crippen LogP contribution >= 0.6 is 0 Å². The molecule has 3 N–H and O–H groups in total. The molecule has 0 bridgehead atoms. The van der Waals surface area contributed by atoms with Gasteiger partial charge in [-0.1, -0.05) is 29.8 Å². The Bertz CT molecular complexity index is 1120. The first-order valence-electron chi connectivity index (χ1n) is 10.2. The van der Waals surface area contributed by atoms with Crippen LogP contribution in [0.15, 0.2) is 24.3 Å². The number of hydrogen-bond donors (Lipinski definition) is 3. The van der Waals surface area contributed by atoms with E-state index in [1.165, 1.54) is 0 Å². The quantitative estimate of drug-likeness (QED) is 0.658. The van der Waals surface area contributed by atoms with Crippen LogP contribution in [0.2, 0.25) is 0 Å². The fourth-order valence-electron chi connectivity index (χ4n) is 4.03. The third kappa shape index (κ3) is 4.92. The Morgan fingerprint density at radius 2 is 1.71 bits per heavy atom. The number of ether oxygens (including phenoxy) is 1. The van der Waals surface area contributed by atoms with Crippen LogP contribution < -0.4 is 9.44 Å². The molecule has 2 aromatic rings. The van der Waals surface area contributed by atoms with Gasteiger partial charge < -0.3 is 9.84 Å². The van der Waals surface area contributed by atoms with E-state index >= 15 is 0 Å². The molecule has 0 amide bonds. The van der Waals surface area contributed by atoms with Crippen molar-refractivity contribution in [2.24, 2.45) is 0 Å². The van der Waals surface area contributed by atoms with Gasteiger partial charge in [0.15, 0.2) is 6.10 Å². The van der Waals surface area contributed by atoms with Crippen LogP contribution in [-0.2, 0) is 26.2 Å². The van der Waals surface area contributed by atoms with Gasteiger partial charge in [0.05, 0.1) is 11.3 Å². The summed E-state index contributed by atoms with van der Waals surface area (Å²) in [6, 6.07) is 7.87. The summed E-state index contributed by atoms with van der Waals surface area (Å²) in [7, 11) is -3.74. The monoisotopic (exact) mass is 446 g/mol. The maximum Gasteiger partial charge on any atom is 0.337 e. The molecular formula is C23H30N2O5S. The van der Waals surface area contributed by atoms with Gasteiger partial charge in [0.2, 0.25) is 0 Å². The van der Waals surface area contributed by atoms with Crippen molar-refractivity contribution >= 4 is 21.9 Å². The van der Waals surface area contributed by atoms with Gasteiger partial charge in [0, 0.05) is 12.1 Å². The molecule has 2 aromatic carbocycles. The molecule has 0 aliphatic carbocycles. The molecule has 0 radical (unpaired) electrons. The number of fused-ring (bicyclic) bond motifs is 1. The van der Waals surface area contributed by atoms with Crippen LogP contribution in [0.5, 0.6) is 0 Å². The average Bonchev–Trinajstić information content (AvgIpc) is 2.81. The van der Waals surface area contributed by atoms with E-state index in [4.69, 9.17) is 4.74 Å². The summed E-state index contributed by atoms with van der Waals surface area (Å²) < 4.78 is 35.8. The fourth-order valence-corrected chi connectivity index (χ4v) is 5.01. The Kier molecular flexibility index (Phi) is 6.19. The largest absolute Gasteiger partial charge is 0.479 e. The second-order valence-corrected chi connectivity index (χ2v) is 10.5. The summed E-state index contributed by atoms with van der Waals surface area (Å²) in [6.45, 7) is 11.3. The van der Waals surface area contributed by atoms with Gasteiger partial charge in [-0.05, 0) is 75.8 Å². The highest BCUT2D eigenvalue weighted by molar-refractivity contribution is 7.90. The number of benzene rings is 2. The predicted molar refractivity (Wildman–Crippen MR) is 122 cm³/mol. The van der Waals surface area contributed by atoms with Gasteiger partial charge in [0.1, 0.15) is 0 Å². The topological polar surface area (TPSA) is 105 Å². The zero-order valence-corrected chi connectivity index (χ0v) is 19.6. The lowest BCUT2D eigenvalue weighted by Crippen LogP contribution is -2.30. The predicted octanol–water partition coefficient (Wildman–Crippen LogP) is 4.02. The minimum absolute atomic E-state index is 0.260. The van der Waals surface area contributed by atoms with Crippen molar-refractivity contribution in [2.45, 2.75) is 59.7 Å². The SMILES string of the molecule is Cc1ccc(-c2c(C)c3c(c(C)c2[C@H](OC(C)(C)C)C(=O)O)NS(=O)(=O)NCC3)cc1. The van der Waals surface area contributed by atoms with Gasteiger partial charge >= 0.3 is 5.97 Å². The Morgan fingerprint density at radius 1 is 1.10 bits per heavy atom. The summed E-state index contributed by atoms with van der Waals surface area (Å²) in [4.78, 5) is 12.4. The molecule has 0 unspecified atom stereocenters. The highest BCUT2D eigenvalue weighted by Gasteiger charge is 2.34. The van der Waals surface area contributed by atoms with Crippen molar-refractivity contribution in [3.63, 3.8) is 0 Å². The van der Waals surface area contributed by atoms with Gasteiger partial charge in [-0.25, -0.2) is 4.79 Å². The maximum atomic E-state index is 12.4. The second kappa shape index (κ2) is 8.26. The fraction of sp³-hybridized carbons (Fsp3) is 0.435. The number of aliphatic carboxylic acids is 1. The van der Waals surface area contributed by atoms with Crippen molar-refractivity contribution in [3.05, 3.63) is 52.1 Å². The molecule has 3 rings (SSSR count). The molecule has 0 saturated carbocycles. The first-order chi connectivity index (χ1) is 14.3. The normalized spacial score (nSPS) is 16.7. The van der Waals surface area contributed by atoms with Crippen LogP contribution in [0, 0.1) is 20.8 Å². The maximum absolute atomic E-state index is 12.4. The average molecular weight is 447 g/mol. The molecule has 0 saturated heterocycles. The van der Waals surface area contributed by atoms with E-state index in [1.807, 2.05) is 38.1 Å². The molecule has 1 aliphatic heterocycles. The molecular weight excluding hydrogens is 416 g/mol. The first-order valence-corrected chi connectivity index (χ1v) is 11.7. The highest BCUT2D eigenvalue weighted by Crippen LogP contribution is 2.43. The van der Waals surface area contributed by atoms with E-state index in [0.717, 1.165) is 27.8 Å². The van der Waals surface area contributed by atoms with Crippen LogP contribution in [0.1, 0.15) is 54.7 Å². The molecule has 0 fully saturated rings. The lowest BCUT2D eigenvalue weighted by atomic mass is 9.83. The number of hydrogen-bond acceptors (Lipinski definition) is 4. The molecule has 7 nitrogen and oxygen atoms in total. The standard InChI is InChI=1S/C23H30N2O5S/c1-13-7-9-16(10-8-13)18-14(2)17-11-12-24-31(28,29)25-20(17)15(3)19(18)21(22(26)27)30-23(4,5)6/h7-10,21,24-25H,11-12H2,1-6H3,(H,26,27)/t21-/m0/s1. The highest BCUT2D eigenvalue weighted by atomic mass is 32.2. The van der Waals surface area contributed by atoms with E-state index in [0.29, 0.717) is 23.2 Å². The van der Waals surface area contributed by atoms with Gasteiger partial charge in [-0.2, -0.15) is 13.1 Å². The van der Waals surface area contributed by atoms with Crippen LogP contribution in [0.4, 0.5) is 5.69 Å². The number of aryl methyl sites for hydroxylation is 1. The molecule has 31 heavy (non-hydrogen) atoms. The molecule has 1 aliphatic rings. The van der Waals surface area contributed by atoms with E-state index in [2.05, 4.69) is 9.44 Å². The minimum atomic E-state index is -3.74. The van der Waals surface area contributed by atoms with Crippen LogP contribution in [0.25, 0.3) is 11.1 Å². The first kappa shape index (κ1) is 23.2. The minimum Gasteiger partial charge on any atom is -0.479 e. The number of carboxylic acid groups (broad SMARTS) is 1. The number of anilines is 1. The van der Waals surface area contributed by atoms with E-state index in [9.17, 15) is 18.3 Å². The molecule has 0 aromatic heterocycles. The number of carboxylic acids is 1. The Hall–Kier alpha value is -2.42. The Labute approximate surface area is 184 Å². The van der Waals surface area contributed by atoms with Gasteiger partial charge in [-0.15, -0.1) is 0 Å². The molecule has 168 valence electrons. The van der Waals surface area contributed by atoms with Crippen molar-refractivity contribution in [1.82, 2.24) is 4.72 Å². The molecule has 8 heteroatoms. The third-order valence-corrected chi connectivity index (χ3v) is 6.44. The summed E-state index contributed by atoms with van der Waals surface area (Å²) in [5.41, 5.74) is 5.15. The number of carbonyl (C=O) groups is 1. The summed E-state index contributed by atoms with van der Waals surface area (Å²) in [6.07, 6.45) is -0.772. The molecule has 1 heterocycles. The summed E-state index contributed by atoms with van der Waals surface area (Å²) >= 11 is 0. The van der Waals surface area contributed by atoms with Crippen molar-refractivity contribution in [3.8, 4) is 11.1 Å². The lowest BCUT2D eigenvalue weighted by Gasteiger charge is -2.30. The van der Waals surface area contributed by atoms with Gasteiger partial charge in [-0.3, -0.25) is 4.72 Å². The van der Waals surface area contributed by atoms with Gasteiger partial charge in [0.25, 0.3) is 10.2 Å². The van der Waals surface area contributed by atoms with E-state index in [1.54, 1.807) is 27.7 Å². The molecule has 0 spiro atoms.